The molecule has 4 heteroatoms. The molecule has 1 aromatic carbocycles. The molecule has 0 bridgehead atoms. The highest BCUT2D eigenvalue weighted by molar-refractivity contribution is 6.33. The lowest BCUT2D eigenvalue weighted by Gasteiger charge is -2.09. The predicted molar refractivity (Wildman–Crippen MR) is 52.7 cm³/mol. The van der Waals surface area contributed by atoms with Gasteiger partial charge in [-0.15, -0.1) is 0 Å². The molecule has 76 valence electrons. The van der Waals surface area contributed by atoms with Gasteiger partial charge in [0.25, 0.3) is 0 Å². The van der Waals surface area contributed by atoms with E-state index in [-0.39, 0.29) is 22.1 Å². The van der Waals surface area contributed by atoms with Crippen LogP contribution in [0, 0.1) is 12.7 Å². The highest BCUT2D eigenvalue weighted by Gasteiger charge is 2.18. The fraction of sp³-hybridized carbons (Fsp3) is 0.300. The number of ketones is 1. The largest absolute Gasteiger partial charge is 0.492 e. The molecular weight excluding hydrogens is 207 g/mol. The first-order valence-corrected chi connectivity index (χ1v) is 4.40. The SMILES string of the molecule is COc1c(F)c(C(C)=O)cc(C)c1Cl. The van der Waals surface area contributed by atoms with E-state index >= 15 is 0 Å². The molecule has 0 saturated heterocycles. The summed E-state index contributed by atoms with van der Waals surface area (Å²) in [4.78, 5) is 11.1. The van der Waals surface area contributed by atoms with Crippen molar-refractivity contribution in [2.75, 3.05) is 7.11 Å². The molecule has 1 rings (SSSR count). The van der Waals surface area contributed by atoms with Gasteiger partial charge >= 0.3 is 0 Å². The standard InChI is InChI=1S/C10H10ClFO2/c1-5-4-7(6(2)13)9(12)10(14-3)8(5)11/h4H,1-3H3. The number of methoxy groups -OCH3 is 1. The first-order chi connectivity index (χ1) is 6.49. The number of hydrogen-bond donors (Lipinski definition) is 0. The highest BCUT2D eigenvalue weighted by atomic mass is 35.5. The molecule has 0 fully saturated rings. The second-order valence-electron chi connectivity index (χ2n) is 2.96. The number of carbonyl (C=O) groups excluding carboxylic acids is 1. The average molecular weight is 217 g/mol. The van der Waals surface area contributed by atoms with Crippen molar-refractivity contribution in [3.63, 3.8) is 0 Å². The van der Waals surface area contributed by atoms with Crippen molar-refractivity contribution in [2.24, 2.45) is 0 Å². The average Bonchev–Trinajstić information content (AvgIpc) is 2.12. The van der Waals surface area contributed by atoms with Gasteiger partial charge in [0.15, 0.2) is 17.3 Å². The van der Waals surface area contributed by atoms with Crippen LogP contribution in [0.2, 0.25) is 5.02 Å². The molecule has 0 amide bonds. The summed E-state index contributed by atoms with van der Waals surface area (Å²) in [7, 11) is 1.31. The van der Waals surface area contributed by atoms with Gasteiger partial charge in [0.05, 0.1) is 17.7 Å². The molecule has 0 atom stereocenters. The molecule has 0 aliphatic heterocycles. The van der Waals surface area contributed by atoms with Crippen LogP contribution in [-0.4, -0.2) is 12.9 Å². The number of aryl methyl sites for hydroxylation is 1. The summed E-state index contributed by atoms with van der Waals surface area (Å²) in [5.41, 5.74) is 0.624. The first-order valence-electron chi connectivity index (χ1n) is 4.02. The van der Waals surface area contributed by atoms with Crippen LogP contribution in [0.3, 0.4) is 0 Å². The number of ether oxygens (including phenoxy) is 1. The molecule has 14 heavy (non-hydrogen) atoms. The van der Waals surface area contributed by atoms with Crippen LogP contribution < -0.4 is 4.74 Å². The summed E-state index contributed by atoms with van der Waals surface area (Å²) in [5, 5.41) is 0.204. The van der Waals surface area contributed by atoms with Crippen molar-refractivity contribution in [3.05, 3.63) is 28.0 Å². The molecule has 0 N–H and O–H groups in total. The molecule has 2 nitrogen and oxygen atoms in total. The van der Waals surface area contributed by atoms with E-state index in [0.717, 1.165) is 0 Å². The number of halogens is 2. The lowest BCUT2D eigenvalue weighted by molar-refractivity contribution is 0.101. The Kier molecular flexibility index (Phi) is 3.11. The molecule has 0 saturated carbocycles. The van der Waals surface area contributed by atoms with Crippen LogP contribution in [-0.2, 0) is 0 Å². The lowest BCUT2D eigenvalue weighted by atomic mass is 10.1. The van der Waals surface area contributed by atoms with Gasteiger partial charge in [-0.25, -0.2) is 4.39 Å². The number of benzene rings is 1. The Labute approximate surface area is 86.6 Å². The van der Waals surface area contributed by atoms with E-state index in [9.17, 15) is 9.18 Å². The van der Waals surface area contributed by atoms with Crippen LogP contribution in [0.15, 0.2) is 6.07 Å². The third-order valence-electron chi connectivity index (χ3n) is 1.93. The number of rotatable bonds is 2. The molecule has 0 aromatic heterocycles. The Morgan fingerprint density at radius 3 is 2.57 bits per heavy atom. The van der Waals surface area contributed by atoms with Crippen LogP contribution >= 0.6 is 11.6 Å². The van der Waals surface area contributed by atoms with Gasteiger partial charge in [0.2, 0.25) is 0 Å². The van der Waals surface area contributed by atoms with Gasteiger partial charge < -0.3 is 4.74 Å². The summed E-state index contributed by atoms with van der Waals surface area (Å²) >= 11 is 5.80. The van der Waals surface area contributed by atoms with E-state index in [1.807, 2.05) is 0 Å². The van der Waals surface area contributed by atoms with E-state index in [2.05, 4.69) is 0 Å². The highest BCUT2D eigenvalue weighted by Crippen LogP contribution is 2.33. The topological polar surface area (TPSA) is 26.3 Å². The van der Waals surface area contributed by atoms with Crippen LogP contribution in [0.25, 0.3) is 0 Å². The van der Waals surface area contributed by atoms with Crippen molar-refractivity contribution >= 4 is 17.4 Å². The smallest absolute Gasteiger partial charge is 0.177 e. The summed E-state index contributed by atoms with van der Waals surface area (Å²) in [6.45, 7) is 2.99. The normalized spacial score (nSPS) is 10.1. The Morgan fingerprint density at radius 1 is 1.57 bits per heavy atom. The maximum absolute atomic E-state index is 13.5. The Hall–Kier alpha value is -1.09. The lowest BCUT2D eigenvalue weighted by Crippen LogP contribution is -2.02. The Balaban J connectivity index is 3.50. The molecule has 0 aliphatic carbocycles. The van der Waals surface area contributed by atoms with Crippen molar-refractivity contribution in [1.29, 1.82) is 0 Å². The minimum atomic E-state index is -0.699. The quantitative estimate of drug-likeness (QED) is 0.711. The maximum Gasteiger partial charge on any atom is 0.177 e. The molecule has 0 radical (unpaired) electrons. The van der Waals surface area contributed by atoms with Crippen molar-refractivity contribution in [2.45, 2.75) is 13.8 Å². The first kappa shape index (κ1) is 11.0. The van der Waals surface area contributed by atoms with Crippen LogP contribution in [0.4, 0.5) is 4.39 Å². The molecular formula is C10H10ClFO2. The van der Waals surface area contributed by atoms with Gasteiger partial charge in [0.1, 0.15) is 0 Å². The minimum Gasteiger partial charge on any atom is -0.492 e. The van der Waals surface area contributed by atoms with Gasteiger partial charge in [-0.3, -0.25) is 4.79 Å². The second kappa shape index (κ2) is 3.96. The summed E-state index contributed by atoms with van der Waals surface area (Å²) in [6, 6.07) is 1.42. The molecule has 0 unspecified atom stereocenters. The van der Waals surface area contributed by atoms with Gasteiger partial charge in [-0.05, 0) is 25.5 Å². The fourth-order valence-corrected chi connectivity index (χ4v) is 1.39. The molecule has 0 heterocycles. The predicted octanol–water partition coefficient (Wildman–Crippen LogP) is 3.00. The van der Waals surface area contributed by atoms with Crippen molar-refractivity contribution < 1.29 is 13.9 Å². The number of carbonyl (C=O) groups is 1. The van der Waals surface area contributed by atoms with Gasteiger partial charge in [0, 0.05) is 0 Å². The van der Waals surface area contributed by atoms with Crippen LogP contribution in [0.5, 0.6) is 5.75 Å². The van der Waals surface area contributed by atoms with Crippen molar-refractivity contribution in [1.82, 2.24) is 0 Å². The Bertz CT molecular complexity index is 388. The van der Waals surface area contributed by atoms with E-state index in [1.54, 1.807) is 6.92 Å². The monoisotopic (exact) mass is 216 g/mol. The second-order valence-corrected chi connectivity index (χ2v) is 3.34. The summed E-state index contributed by atoms with van der Waals surface area (Å²) in [5.74, 6) is -1.12. The minimum absolute atomic E-state index is 0.00347. The van der Waals surface area contributed by atoms with Gasteiger partial charge in [-0.2, -0.15) is 0 Å². The number of hydrogen-bond acceptors (Lipinski definition) is 2. The van der Waals surface area contributed by atoms with Gasteiger partial charge in [-0.1, -0.05) is 11.6 Å². The van der Waals surface area contributed by atoms with E-state index in [1.165, 1.54) is 20.1 Å². The molecule has 0 aliphatic rings. The van der Waals surface area contributed by atoms with Crippen molar-refractivity contribution in [3.8, 4) is 5.75 Å². The van der Waals surface area contributed by atoms with E-state index in [4.69, 9.17) is 16.3 Å². The zero-order valence-corrected chi connectivity index (χ0v) is 8.91. The maximum atomic E-state index is 13.5. The molecule has 1 aromatic rings. The summed E-state index contributed by atoms with van der Waals surface area (Å²) < 4.78 is 18.3. The third-order valence-corrected chi connectivity index (χ3v) is 2.40. The zero-order chi connectivity index (χ0) is 10.9. The Morgan fingerprint density at radius 2 is 2.14 bits per heavy atom. The van der Waals surface area contributed by atoms with E-state index < -0.39 is 5.82 Å². The summed E-state index contributed by atoms with van der Waals surface area (Å²) in [6.07, 6.45) is 0. The fourth-order valence-electron chi connectivity index (χ4n) is 1.18. The zero-order valence-electron chi connectivity index (χ0n) is 8.15. The third kappa shape index (κ3) is 1.73. The molecule has 0 spiro atoms. The van der Waals surface area contributed by atoms with E-state index in [0.29, 0.717) is 5.56 Å². The number of Topliss-reactive ketones (excluding diaryl/α,β-unsaturated/α-hetero) is 1. The van der Waals surface area contributed by atoms with Crippen LogP contribution in [0.1, 0.15) is 22.8 Å².